The summed E-state index contributed by atoms with van der Waals surface area (Å²) < 4.78 is 13.0. The van der Waals surface area contributed by atoms with E-state index in [1.807, 2.05) is 18.7 Å². The monoisotopic (exact) mass is 333 g/mol. The Morgan fingerprint density at radius 2 is 1.79 bits per heavy atom. The molecule has 0 aliphatic carbocycles. The predicted octanol–water partition coefficient (Wildman–Crippen LogP) is 1.51. The van der Waals surface area contributed by atoms with Crippen molar-refractivity contribution in [1.29, 1.82) is 0 Å². The smallest absolute Gasteiger partial charge is 0.246 e. The lowest BCUT2D eigenvalue weighted by Gasteiger charge is -2.33. The van der Waals surface area contributed by atoms with Crippen LogP contribution in [0.15, 0.2) is 30.3 Å². The van der Waals surface area contributed by atoms with Crippen molar-refractivity contribution in [2.45, 2.75) is 13.8 Å². The second kappa shape index (κ2) is 8.59. The Balaban J connectivity index is 1.87. The third-order valence-corrected chi connectivity index (χ3v) is 4.06. The van der Waals surface area contributed by atoms with Crippen LogP contribution in [-0.4, -0.2) is 60.9 Å². The number of halogens is 1. The van der Waals surface area contributed by atoms with Crippen LogP contribution in [0, 0.1) is 5.82 Å². The van der Waals surface area contributed by atoms with Crippen molar-refractivity contribution in [3.8, 4) is 0 Å². The Labute approximate surface area is 142 Å². The van der Waals surface area contributed by atoms with E-state index in [0.717, 1.165) is 11.1 Å². The average molecular weight is 333 g/mol. The van der Waals surface area contributed by atoms with Gasteiger partial charge in [-0.2, -0.15) is 0 Å². The van der Waals surface area contributed by atoms with E-state index in [1.54, 1.807) is 23.1 Å². The van der Waals surface area contributed by atoms with Gasteiger partial charge in [0.2, 0.25) is 11.8 Å². The number of rotatable bonds is 5. The third-order valence-electron chi connectivity index (χ3n) is 4.06. The normalized spacial score (nSPS) is 16.1. The van der Waals surface area contributed by atoms with E-state index in [0.29, 0.717) is 39.3 Å². The number of benzene rings is 1. The number of hydrogen-bond acceptors (Lipinski definition) is 3. The molecule has 6 heteroatoms. The van der Waals surface area contributed by atoms with E-state index >= 15 is 0 Å². The molecule has 130 valence electrons. The molecule has 1 heterocycles. The second-order valence-electron chi connectivity index (χ2n) is 5.89. The van der Waals surface area contributed by atoms with Crippen molar-refractivity contribution in [3.05, 3.63) is 41.7 Å². The molecule has 1 aliphatic rings. The Morgan fingerprint density at radius 1 is 1.17 bits per heavy atom. The molecule has 1 saturated heterocycles. The lowest BCUT2D eigenvalue weighted by molar-refractivity contribution is -0.128. The maximum Gasteiger partial charge on any atom is 0.246 e. The summed E-state index contributed by atoms with van der Waals surface area (Å²) >= 11 is 0. The van der Waals surface area contributed by atoms with E-state index < -0.39 is 0 Å². The number of allylic oxidation sites excluding steroid dienone is 1. The zero-order valence-corrected chi connectivity index (χ0v) is 14.2. The lowest BCUT2D eigenvalue weighted by atomic mass is 10.1. The fourth-order valence-electron chi connectivity index (χ4n) is 2.66. The van der Waals surface area contributed by atoms with Gasteiger partial charge in [0.1, 0.15) is 5.82 Å². The van der Waals surface area contributed by atoms with Crippen LogP contribution >= 0.6 is 0 Å². The zero-order valence-electron chi connectivity index (χ0n) is 14.2. The van der Waals surface area contributed by atoms with Gasteiger partial charge in [-0.25, -0.2) is 4.39 Å². The summed E-state index contributed by atoms with van der Waals surface area (Å²) in [5, 5.41) is 2.78. The molecular weight excluding hydrogens is 309 g/mol. The molecule has 24 heavy (non-hydrogen) atoms. The number of piperazine rings is 1. The number of nitrogens with zero attached hydrogens (tertiary/aromatic N) is 2. The zero-order chi connectivity index (χ0) is 17.5. The summed E-state index contributed by atoms with van der Waals surface area (Å²) in [4.78, 5) is 27.8. The SMILES string of the molecule is CCNC(=O)CN1CCN(C(=O)C=C(C)c2ccc(F)cc2)CC1. The summed E-state index contributed by atoms with van der Waals surface area (Å²) in [6, 6.07) is 6.10. The lowest BCUT2D eigenvalue weighted by Crippen LogP contribution is -2.50. The summed E-state index contributed by atoms with van der Waals surface area (Å²) in [7, 11) is 0. The first-order chi connectivity index (χ1) is 11.5. The first kappa shape index (κ1) is 18.1. The molecule has 0 unspecified atom stereocenters. The van der Waals surface area contributed by atoms with Gasteiger partial charge in [-0.3, -0.25) is 14.5 Å². The van der Waals surface area contributed by atoms with Crippen LogP contribution in [-0.2, 0) is 9.59 Å². The minimum Gasteiger partial charge on any atom is -0.355 e. The first-order valence-electron chi connectivity index (χ1n) is 8.21. The molecule has 0 atom stereocenters. The molecule has 0 bridgehead atoms. The van der Waals surface area contributed by atoms with E-state index in [9.17, 15) is 14.0 Å². The number of carbonyl (C=O) groups is 2. The topological polar surface area (TPSA) is 52.7 Å². The molecule has 1 aliphatic heterocycles. The second-order valence-corrected chi connectivity index (χ2v) is 5.89. The molecule has 0 spiro atoms. The Kier molecular flexibility index (Phi) is 6.49. The van der Waals surface area contributed by atoms with Crippen molar-refractivity contribution in [1.82, 2.24) is 15.1 Å². The van der Waals surface area contributed by atoms with Crippen LogP contribution < -0.4 is 5.32 Å². The van der Waals surface area contributed by atoms with Crippen LogP contribution in [0.3, 0.4) is 0 Å². The van der Waals surface area contributed by atoms with E-state index in [4.69, 9.17) is 0 Å². The molecular formula is C18H24FN3O2. The highest BCUT2D eigenvalue weighted by molar-refractivity contribution is 5.95. The number of amides is 2. The largest absolute Gasteiger partial charge is 0.355 e. The predicted molar refractivity (Wildman–Crippen MR) is 91.8 cm³/mol. The Hall–Kier alpha value is -2.21. The molecule has 1 fully saturated rings. The molecule has 0 aromatic heterocycles. The van der Waals surface area contributed by atoms with Crippen molar-refractivity contribution in [3.63, 3.8) is 0 Å². The van der Waals surface area contributed by atoms with Gasteiger partial charge in [-0.15, -0.1) is 0 Å². The minimum absolute atomic E-state index is 0.0179. The number of hydrogen-bond donors (Lipinski definition) is 1. The van der Waals surface area contributed by atoms with Gasteiger partial charge in [0.05, 0.1) is 6.54 Å². The van der Waals surface area contributed by atoms with E-state index in [1.165, 1.54) is 12.1 Å². The van der Waals surface area contributed by atoms with Crippen LogP contribution in [0.1, 0.15) is 19.4 Å². The standard InChI is InChI=1S/C18H24FN3O2/c1-3-20-17(23)13-21-8-10-22(11-9-21)18(24)12-14(2)15-4-6-16(19)7-5-15/h4-7,12H,3,8-11,13H2,1-2H3,(H,20,23). The van der Waals surface area contributed by atoms with Crippen LogP contribution in [0.4, 0.5) is 4.39 Å². The Bertz CT molecular complexity index is 605. The highest BCUT2D eigenvalue weighted by Crippen LogP contribution is 2.15. The van der Waals surface area contributed by atoms with Gasteiger partial charge < -0.3 is 10.2 Å². The van der Waals surface area contributed by atoms with Crippen LogP contribution in [0.5, 0.6) is 0 Å². The third kappa shape index (κ3) is 5.16. The molecule has 0 radical (unpaired) electrons. The summed E-state index contributed by atoms with van der Waals surface area (Å²) in [5.74, 6) is -0.320. The first-order valence-corrected chi connectivity index (χ1v) is 8.21. The number of carbonyl (C=O) groups excluding carboxylic acids is 2. The van der Waals surface area contributed by atoms with Crippen molar-refractivity contribution >= 4 is 17.4 Å². The number of nitrogens with one attached hydrogen (secondary N) is 1. The van der Waals surface area contributed by atoms with Crippen LogP contribution in [0.25, 0.3) is 5.57 Å². The molecule has 1 aromatic rings. The summed E-state index contributed by atoms with van der Waals surface area (Å²) in [5.41, 5.74) is 1.64. The van der Waals surface area contributed by atoms with Gasteiger partial charge in [0.25, 0.3) is 0 Å². The highest BCUT2D eigenvalue weighted by atomic mass is 19.1. The Morgan fingerprint density at radius 3 is 2.38 bits per heavy atom. The number of likely N-dealkylation sites (N-methyl/N-ethyl adjacent to an activating group) is 1. The molecule has 2 amide bonds. The average Bonchev–Trinajstić information content (AvgIpc) is 2.56. The molecule has 0 saturated carbocycles. The molecule has 2 rings (SSSR count). The van der Waals surface area contributed by atoms with Gasteiger partial charge in [0, 0.05) is 38.8 Å². The van der Waals surface area contributed by atoms with Gasteiger partial charge >= 0.3 is 0 Å². The molecule has 1 N–H and O–H groups in total. The van der Waals surface area contributed by atoms with Gasteiger partial charge in [0.15, 0.2) is 0 Å². The maximum absolute atomic E-state index is 13.0. The summed E-state index contributed by atoms with van der Waals surface area (Å²) in [6.45, 7) is 7.32. The minimum atomic E-state index is -0.291. The van der Waals surface area contributed by atoms with E-state index in [2.05, 4.69) is 5.32 Å². The van der Waals surface area contributed by atoms with Crippen molar-refractivity contribution in [2.24, 2.45) is 0 Å². The van der Waals surface area contributed by atoms with Crippen molar-refractivity contribution < 1.29 is 14.0 Å². The van der Waals surface area contributed by atoms with E-state index in [-0.39, 0.29) is 17.6 Å². The fraction of sp³-hybridized carbons (Fsp3) is 0.444. The maximum atomic E-state index is 13.0. The van der Waals surface area contributed by atoms with Crippen molar-refractivity contribution in [2.75, 3.05) is 39.3 Å². The quantitative estimate of drug-likeness (QED) is 0.831. The highest BCUT2D eigenvalue weighted by Gasteiger charge is 2.21. The molecule has 5 nitrogen and oxygen atoms in total. The summed E-state index contributed by atoms with van der Waals surface area (Å²) in [6.07, 6.45) is 1.59. The molecule has 1 aromatic carbocycles. The fourth-order valence-corrected chi connectivity index (χ4v) is 2.66. The van der Waals surface area contributed by atoms with Crippen LogP contribution in [0.2, 0.25) is 0 Å². The van der Waals surface area contributed by atoms with Gasteiger partial charge in [-0.05, 0) is 37.1 Å². The van der Waals surface area contributed by atoms with Gasteiger partial charge in [-0.1, -0.05) is 12.1 Å².